The fourth-order valence-corrected chi connectivity index (χ4v) is 2.50. The third kappa shape index (κ3) is 3.47. The van der Waals surface area contributed by atoms with Crippen molar-refractivity contribution < 1.29 is 0 Å². The van der Waals surface area contributed by atoms with Gasteiger partial charge in [-0.3, -0.25) is 0 Å². The molecule has 0 saturated heterocycles. The van der Waals surface area contributed by atoms with Gasteiger partial charge in [-0.15, -0.1) is 11.3 Å². The van der Waals surface area contributed by atoms with Gasteiger partial charge in [0, 0.05) is 4.88 Å². The van der Waals surface area contributed by atoms with Gasteiger partial charge in [0.25, 0.3) is 0 Å². The number of rotatable bonds is 5. The van der Waals surface area contributed by atoms with Crippen molar-refractivity contribution in [3.8, 4) is 0 Å². The van der Waals surface area contributed by atoms with Crippen molar-refractivity contribution in [1.29, 1.82) is 0 Å². The second kappa shape index (κ2) is 5.38. The molecule has 1 aromatic rings. The van der Waals surface area contributed by atoms with Crippen LogP contribution in [0, 0.1) is 13.8 Å². The van der Waals surface area contributed by atoms with Crippen molar-refractivity contribution in [2.45, 2.75) is 52.9 Å². The maximum atomic E-state index is 4.43. The van der Waals surface area contributed by atoms with Crippen LogP contribution >= 0.6 is 11.3 Å². The zero-order chi connectivity index (χ0) is 9.68. The molecule has 0 spiro atoms. The summed E-state index contributed by atoms with van der Waals surface area (Å²) in [4.78, 5) is 5.92. The van der Waals surface area contributed by atoms with Gasteiger partial charge in [-0.2, -0.15) is 0 Å². The third-order valence-electron chi connectivity index (χ3n) is 2.26. The van der Waals surface area contributed by atoms with E-state index < -0.39 is 0 Å². The number of aromatic nitrogens is 1. The van der Waals surface area contributed by atoms with Gasteiger partial charge < -0.3 is 0 Å². The van der Waals surface area contributed by atoms with Gasteiger partial charge in [-0.05, 0) is 26.7 Å². The van der Waals surface area contributed by atoms with E-state index in [1.165, 1.54) is 47.7 Å². The Bertz CT molecular complexity index is 253. The molecule has 0 aliphatic rings. The summed E-state index contributed by atoms with van der Waals surface area (Å²) in [6.07, 6.45) is 6.62. The molecule has 1 aromatic heterocycles. The first kappa shape index (κ1) is 10.7. The largest absolute Gasteiger partial charge is 0.247 e. The lowest BCUT2D eigenvalue weighted by Gasteiger charge is -1.97. The molecule has 0 amide bonds. The summed E-state index contributed by atoms with van der Waals surface area (Å²) in [5, 5.41) is 1.21. The molecule has 1 nitrogen and oxygen atoms in total. The fraction of sp³-hybridized carbons (Fsp3) is 0.727. The van der Waals surface area contributed by atoms with Gasteiger partial charge in [0.15, 0.2) is 0 Å². The molecule has 0 unspecified atom stereocenters. The molecule has 0 atom stereocenters. The van der Waals surface area contributed by atoms with Crippen molar-refractivity contribution in [2.75, 3.05) is 0 Å². The molecule has 0 radical (unpaired) electrons. The van der Waals surface area contributed by atoms with Crippen LogP contribution in [0.2, 0.25) is 0 Å². The summed E-state index contributed by atoms with van der Waals surface area (Å²) >= 11 is 1.86. The normalized spacial score (nSPS) is 10.7. The molecule has 13 heavy (non-hydrogen) atoms. The van der Waals surface area contributed by atoms with Crippen LogP contribution in [0.1, 0.15) is 48.2 Å². The van der Waals surface area contributed by atoms with E-state index >= 15 is 0 Å². The van der Waals surface area contributed by atoms with Crippen molar-refractivity contribution >= 4 is 11.3 Å². The van der Waals surface area contributed by atoms with Crippen molar-refractivity contribution in [3.05, 3.63) is 15.6 Å². The monoisotopic (exact) mass is 197 g/mol. The lowest BCUT2D eigenvalue weighted by Crippen LogP contribution is -1.85. The number of aryl methyl sites for hydroxylation is 3. The molecular weight excluding hydrogens is 178 g/mol. The van der Waals surface area contributed by atoms with E-state index in [1.54, 1.807) is 0 Å². The Balaban J connectivity index is 2.32. The lowest BCUT2D eigenvalue weighted by atomic mass is 10.1. The van der Waals surface area contributed by atoms with E-state index in [1.807, 2.05) is 11.3 Å². The summed E-state index contributed by atoms with van der Waals surface area (Å²) < 4.78 is 0. The topological polar surface area (TPSA) is 12.9 Å². The zero-order valence-electron chi connectivity index (χ0n) is 8.89. The predicted molar refractivity (Wildman–Crippen MR) is 59.4 cm³/mol. The van der Waals surface area contributed by atoms with Crippen molar-refractivity contribution in [1.82, 2.24) is 4.98 Å². The van der Waals surface area contributed by atoms with Gasteiger partial charge in [-0.25, -0.2) is 4.98 Å². The van der Waals surface area contributed by atoms with Gasteiger partial charge in [0.2, 0.25) is 0 Å². The Labute approximate surface area is 85.2 Å². The minimum absolute atomic E-state index is 1.21. The quantitative estimate of drug-likeness (QED) is 0.653. The van der Waals surface area contributed by atoms with E-state index in [0.29, 0.717) is 0 Å². The maximum Gasteiger partial charge on any atom is 0.0900 e. The summed E-state index contributed by atoms with van der Waals surface area (Å²) in [5.74, 6) is 0. The van der Waals surface area contributed by atoms with Crippen LogP contribution in [-0.4, -0.2) is 4.98 Å². The highest BCUT2D eigenvalue weighted by molar-refractivity contribution is 7.11. The Hall–Kier alpha value is -0.370. The van der Waals surface area contributed by atoms with Crippen molar-refractivity contribution in [3.63, 3.8) is 0 Å². The highest BCUT2D eigenvalue weighted by atomic mass is 32.1. The maximum absolute atomic E-state index is 4.43. The predicted octanol–water partition coefficient (Wildman–Crippen LogP) is 3.88. The molecule has 0 saturated carbocycles. The molecule has 1 rings (SSSR count). The van der Waals surface area contributed by atoms with E-state index in [-0.39, 0.29) is 0 Å². The molecule has 0 fully saturated rings. The van der Waals surface area contributed by atoms with Crippen LogP contribution in [-0.2, 0) is 6.42 Å². The molecule has 0 N–H and O–H groups in total. The molecule has 0 bridgehead atoms. The fourth-order valence-electron chi connectivity index (χ4n) is 1.52. The Kier molecular flexibility index (Phi) is 4.43. The summed E-state index contributed by atoms with van der Waals surface area (Å²) in [5.41, 5.74) is 1.25. The number of nitrogens with zero attached hydrogens (tertiary/aromatic N) is 1. The molecule has 0 aromatic carbocycles. The number of hydrogen-bond donors (Lipinski definition) is 0. The second-order valence-corrected chi connectivity index (χ2v) is 4.84. The molecule has 74 valence electrons. The molecule has 0 aliphatic carbocycles. The van der Waals surface area contributed by atoms with E-state index in [0.717, 1.165) is 0 Å². The van der Waals surface area contributed by atoms with E-state index in [4.69, 9.17) is 0 Å². The molecular formula is C11H19NS. The Morgan fingerprint density at radius 2 is 1.92 bits per heavy atom. The molecule has 2 heteroatoms. The number of thiazole rings is 1. The average molecular weight is 197 g/mol. The van der Waals surface area contributed by atoms with Gasteiger partial charge >= 0.3 is 0 Å². The van der Waals surface area contributed by atoms with Crippen LogP contribution in [0.25, 0.3) is 0 Å². The second-order valence-electron chi connectivity index (χ2n) is 3.55. The summed E-state index contributed by atoms with van der Waals surface area (Å²) in [7, 11) is 0. The van der Waals surface area contributed by atoms with Crippen molar-refractivity contribution in [2.24, 2.45) is 0 Å². The Morgan fingerprint density at radius 1 is 1.15 bits per heavy atom. The minimum atomic E-state index is 1.21. The first-order valence-electron chi connectivity index (χ1n) is 5.17. The lowest BCUT2D eigenvalue weighted by molar-refractivity contribution is 0.668. The zero-order valence-corrected chi connectivity index (χ0v) is 9.71. The van der Waals surface area contributed by atoms with Gasteiger partial charge in [-0.1, -0.05) is 26.2 Å². The minimum Gasteiger partial charge on any atom is -0.247 e. The van der Waals surface area contributed by atoms with E-state index in [2.05, 4.69) is 25.8 Å². The van der Waals surface area contributed by atoms with Crippen LogP contribution < -0.4 is 0 Å². The summed E-state index contributed by atoms with van der Waals surface area (Å²) in [6, 6.07) is 0. The van der Waals surface area contributed by atoms with Gasteiger partial charge in [0.1, 0.15) is 0 Å². The number of hydrogen-bond acceptors (Lipinski definition) is 2. The standard InChI is InChI=1S/C11H19NS/c1-4-5-6-7-8-11-9(2)12-10(3)13-11/h4-8H2,1-3H3. The van der Waals surface area contributed by atoms with Crippen LogP contribution in [0.4, 0.5) is 0 Å². The highest BCUT2D eigenvalue weighted by Crippen LogP contribution is 2.19. The first-order valence-corrected chi connectivity index (χ1v) is 5.98. The van der Waals surface area contributed by atoms with Gasteiger partial charge in [0.05, 0.1) is 10.7 Å². The highest BCUT2D eigenvalue weighted by Gasteiger charge is 2.03. The molecule has 0 aliphatic heterocycles. The van der Waals surface area contributed by atoms with E-state index in [9.17, 15) is 0 Å². The first-order chi connectivity index (χ1) is 6.24. The Morgan fingerprint density at radius 3 is 2.46 bits per heavy atom. The number of unbranched alkanes of at least 4 members (excludes halogenated alkanes) is 3. The smallest absolute Gasteiger partial charge is 0.0900 e. The third-order valence-corrected chi connectivity index (χ3v) is 3.39. The van der Waals surface area contributed by atoms with Crippen LogP contribution in [0.3, 0.4) is 0 Å². The van der Waals surface area contributed by atoms with Crippen LogP contribution in [0.5, 0.6) is 0 Å². The SMILES string of the molecule is CCCCCCc1sc(C)nc1C. The molecule has 1 heterocycles. The van der Waals surface area contributed by atoms with Crippen LogP contribution in [0.15, 0.2) is 0 Å². The summed E-state index contributed by atoms with van der Waals surface area (Å²) in [6.45, 7) is 6.47. The average Bonchev–Trinajstić information content (AvgIpc) is 2.39.